The number of para-hydroxylation sites is 1. The van der Waals surface area contributed by atoms with Gasteiger partial charge in [-0.1, -0.05) is 23.9 Å². The summed E-state index contributed by atoms with van der Waals surface area (Å²) in [6.45, 7) is 2.76. The fraction of sp³-hybridized carbons (Fsp3) is 0.211. The highest BCUT2D eigenvalue weighted by atomic mass is 32.2. The van der Waals surface area contributed by atoms with Gasteiger partial charge in [0, 0.05) is 11.8 Å². The number of aromatic amines is 1. The van der Waals surface area contributed by atoms with E-state index in [1.807, 2.05) is 6.07 Å². The lowest BCUT2D eigenvalue weighted by atomic mass is 10.2. The molecule has 1 aliphatic rings. The number of nitrogens with one attached hydrogen (secondary N) is 2. The molecule has 0 bridgehead atoms. The number of amides is 1. The number of ether oxygens (including phenoxy) is 2. The smallest absolute Gasteiger partial charge is 0.259 e. The molecule has 0 fully saturated rings. The highest BCUT2D eigenvalue weighted by Gasteiger charge is 2.18. The molecule has 0 radical (unpaired) electrons. The second-order valence-electron chi connectivity index (χ2n) is 6.00. The van der Waals surface area contributed by atoms with E-state index in [-0.39, 0.29) is 11.5 Å². The molecule has 0 saturated heterocycles. The Hall–Kier alpha value is -3.00. The van der Waals surface area contributed by atoms with Gasteiger partial charge in [0.25, 0.3) is 5.56 Å². The van der Waals surface area contributed by atoms with Gasteiger partial charge in [-0.2, -0.15) is 0 Å². The third-order valence-corrected chi connectivity index (χ3v) is 5.04. The molecule has 1 aliphatic heterocycles. The number of fused-ring (bicyclic) bond motifs is 2. The third kappa shape index (κ3) is 3.75. The maximum absolute atomic E-state index is 12.5. The molecule has 4 rings (SSSR count). The zero-order chi connectivity index (χ0) is 18.8. The van der Waals surface area contributed by atoms with E-state index in [2.05, 4.69) is 15.3 Å². The lowest BCUT2D eigenvalue weighted by molar-refractivity contribution is -0.115. The molecule has 0 unspecified atom stereocenters. The Morgan fingerprint density at radius 3 is 2.81 bits per heavy atom. The molecule has 8 heteroatoms. The van der Waals surface area contributed by atoms with E-state index >= 15 is 0 Å². The van der Waals surface area contributed by atoms with Crippen molar-refractivity contribution in [2.24, 2.45) is 0 Å². The van der Waals surface area contributed by atoms with Crippen molar-refractivity contribution >= 4 is 34.3 Å². The van der Waals surface area contributed by atoms with Crippen molar-refractivity contribution in [1.29, 1.82) is 0 Å². The van der Waals surface area contributed by atoms with Crippen LogP contribution < -0.4 is 20.3 Å². The van der Waals surface area contributed by atoms with Gasteiger partial charge in [-0.25, -0.2) is 4.98 Å². The van der Waals surface area contributed by atoms with Crippen LogP contribution in [0.3, 0.4) is 0 Å². The van der Waals surface area contributed by atoms with Crippen molar-refractivity contribution in [3.05, 3.63) is 52.8 Å². The summed E-state index contributed by atoms with van der Waals surface area (Å²) in [5.74, 6) is 1.08. The molecular weight excluding hydrogens is 366 g/mol. The summed E-state index contributed by atoms with van der Waals surface area (Å²) in [6, 6.07) is 12.4. The number of hydrogen-bond acceptors (Lipinski definition) is 6. The molecular formula is C19H17N3O4S. The van der Waals surface area contributed by atoms with Crippen molar-refractivity contribution in [3.63, 3.8) is 0 Å². The SMILES string of the molecule is C[C@@H](Sc1nc2ccccc2c(=O)[nH]1)C(=O)Nc1ccc2c(c1)OCCO2. The number of carbonyl (C=O) groups is 1. The van der Waals surface area contributed by atoms with Crippen LogP contribution in [-0.2, 0) is 4.79 Å². The number of carbonyl (C=O) groups excluding carboxylic acids is 1. The predicted molar refractivity (Wildman–Crippen MR) is 104 cm³/mol. The van der Waals surface area contributed by atoms with E-state index in [1.54, 1.807) is 43.3 Å². The Kier molecular flexibility index (Phi) is 4.72. The molecule has 2 aromatic carbocycles. The monoisotopic (exact) mass is 383 g/mol. The molecule has 27 heavy (non-hydrogen) atoms. The number of thioether (sulfide) groups is 1. The molecule has 7 nitrogen and oxygen atoms in total. The highest BCUT2D eigenvalue weighted by molar-refractivity contribution is 8.00. The highest BCUT2D eigenvalue weighted by Crippen LogP contribution is 2.33. The van der Waals surface area contributed by atoms with Crippen molar-refractivity contribution in [1.82, 2.24) is 9.97 Å². The Morgan fingerprint density at radius 2 is 1.96 bits per heavy atom. The van der Waals surface area contributed by atoms with Crippen LogP contribution in [0.1, 0.15) is 6.92 Å². The van der Waals surface area contributed by atoms with Crippen molar-refractivity contribution in [2.45, 2.75) is 17.3 Å². The van der Waals surface area contributed by atoms with Gasteiger partial charge in [0.05, 0.1) is 16.2 Å². The minimum absolute atomic E-state index is 0.201. The Morgan fingerprint density at radius 1 is 1.19 bits per heavy atom. The number of rotatable bonds is 4. The fourth-order valence-corrected chi connectivity index (χ4v) is 3.51. The van der Waals surface area contributed by atoms with Gasteiger partial charge in [-0.15, -0.1) is 0 Å². The average Bonchev–Trinajstić information content (AvgIpc) is 2.68. The molecule has 2 heterocycles. The second kappa shape index (κ2) is 7.32. The summed E-state index contributed by atoms with van der Waals surface area (Å²) >= 11 is 1.19. The molecule has 138 valence electrons. The lowest BCUT2D eigenvalue weighted by Gasteiger charge is -2.19. The normalized spacial score (nSPS) is 14.0. The van der Waals surface area contributed by atoms with Crippen LogP contribution in [0.2, 0.25) is 0 Å². The van der Waals surface area contributed by atoms with E-state index in [9.17, 15) is 9.59 Å². The van der Waals surface area contributed by atoms with E-state index in [0.717, 1.165) is 0 Å². The first kappa shape index (κ1) is 17.4. The zero-order valence-electron chi connectivity index (χ0n) is 14.5. The maximum Gasteiger partial charge on any atom is 0.259 e. The number of nitrogens with zero attached hydrogens (tertiary/aromatic N) is 1. The van der Waals surface area contributed by atoms with E-state index in [0.29, 0.717) is 46.5 Å². The van der Waals surface area contributed by atoms with Gasteiger partial charge in [-0.05, 0) is 31.2 Å². The molecule has 1 amide bonds. The zero-order valence-corrected chi connectivity index (χ0v) is 15.3. The van der Waals surface area contributed by atoms with Gasteiger partial charge in [0.1, 0.15) is 13.2 Å². The minimum atomic E-state index is -0.456. The lowest BCUT2D eigenvalue weighted by Crippen LogP contribution is -2.23. The summed E-state index contributed by atoms with van der Waals surface area (Å²) in [7, 11) is 0. The molecule has 0 spiro atoms. The van der Waals surface area contributed by atoms with Gasteiger partial charge in [0.2, 0.25) is 5.91 Å². The van der Waals surface area contributed by atoms with E-state index in [1.165, 1.54) is 11.8 Å². The molecule has 1 aromatic heterocycles. The second-order valence-corrected chi connectivity index (χ2v) is 7.33. The number of aromatic nitrogens is 2. The molecule has 3 aromatic rings. The standard InChI is InChI=1S/C19H17N3O4S/c1-11(27-19-21-14-5-3-2-4-13(14)18(24)22-19)17(23)20-12-6-7-15-16(10-12)26-9-8-25-15/h2-7,10-11H,8-9H2,1H3,(H,20,23)(H,21,22,24)/t11-/m1/s1. The van der Waals surface area contributed by atoms with Crippen LogP contribution in [0.25, 0.3) is 10.9 Å². The Labute approximate surface area is 159 Å². The summed E-state index contributed by atoms with van der Waals surface area (Å²) in [6.07, 6.45) is 0. The third-order valence-electron chi connectivity index (χ3n) is 4.06. The van der Waals surface area contributed by atoms with Crippen molar-refractivity contribution in [3.8, 4) is 11.5 Å². The molecule has 0 saturated carbocycles. The summed E-state index contributed by atoms with van der Waals surface area (Å²) in [5.41, 5.74) is 1.00. The summed E-state index contributed by atoms with van der Waals surface area (Å²) in [5, 5.41) is 3.32. The predicted octanol–water partition coefficient (Wildman–Crippen LogP) is 2.81. The van der Waals surface area contributed by atoms with Crippen LogP contribution >= 0.6 is 11.8 Å². The number of H-pyrrole nitrogens is 1. The number of anilines is 1. The van der Waals surface area contributed by atoms with Crippen molar-refractivity contribution < 1.29 is 14.3 Å². The van der Waals surface area contributed by atoms with Gasteiger partial charge >= 0.3 is 0 Å². The van der Waals surface area contributed by atoms with Crippen molar-refractivity contribution in [2.75, 3.05) is 18.5 Å². The van der Waals surface area contributed by atoms with Gasteiger partial charge < -0.3 is 19.8 Å². The van der Waals surface area contributed by atoms with Crippen LogP contribution in [0, 0.1) is 0 Å². The minimum Gasteiger partial charge on any atom is -0.486 e. The summed E-state index contributed by atoms with van der Waals surface area (Å²) in [4.78, 5) is 31.8. The van der Waals surface area contributed by atoms with Gasteiger partial charge in [0.15, 0.2) is 16.7 Å². The first-order valence-corrected chi connectivity index (χ1v) is 9.34. The quantitative estimate of drug-likeness (QED) is 0.532. The van der Waals surface area contributed by atoms with Crippen LogP contribution in [0.15, 0.2) is 52.4 Å². The van der Waals surface area contributed by atoms with E-state index in [4.69, 9.17) is 9.47 Å². The topological polar surface area (TPSA) is 93.3 Å². The van der Waals surface area contributed by atoms with E-state index < -0.39 is 5.25 Å². The molecule has 2 N–H and O–H groups in total. The average molecular weight is 383 g/mol. The molecule has 1 atom stereocenters. The Balaban J connectivity index is 1.47. The number of hydrogen-bond donors (Lipinski definition) is 2. The maximum atomic E-state index is 12.5. The first-order chi connectivity index (χ1) is 13.1. The largest absolute Gasteiger partial charge is 0.486 e. The first-order valence-electron chi connectivity index (χ1n) is 8.46. The van der Waals surface area contributed by atoms with Gasteiger partial charge in [-0.3, -0.25) is 9.59 Å². The molecule has 0 aliphatic carbocycles. The van der Waals surface area contributed by atoms with Crippen LogP contribution in [-0.4, -0.2) is 34.3 Å². The number of benzene rings is 2. The summed E-state index contributed by atoms with van der Waals surface area (Å²) < 4.78 is 11.0. The Bertz CT molecular complexity index is 1070. The van der Waals surface area contributed by atoms with Crippen LogP contribution in [0.5, 0.6) is 11.5 Å². The fourth-order valence-electron chi connectivity index (χ4n) is 2.71. The van der Waals surface area contributed by atoms with Crippen LogP contribution in [0.4, 0.5) is 5.69 Å².